The van der Waals surface area contributed by atoms with E-state index >= 15 is 0 Å². The van der Waals surface area contributed by atoms with Crippen LogP contribution in [0.15, 0.2) is 91.0 Å². The third-order valence-corrected chi connectivity index (χ3v) is 6.09. The zero-order chi connectivity index (χ0) is 22.3. The number of halogens is 3. The molecule has 0 N–H and O–H groups in total. The Labute approximate surface area is 183 Å². The van der Waals surface area contributed by atoms with Crippen LogP contribution in [0.3, 0.4) is 0 Å². The standard InChI is InChI=1S/C27H20F3NO/c28-27(29,30)23-13-7-6-12-21(23)22-16-25(32)31(17-18-8-2-1-3-9-18)24-15-14-19-10-4-5-11-20(19)26(22)24/h1-15,22H,16-17H2. The highest BCUT2D eigenvalue weighted by molar-refractivity contribution is 6.03. The van der Waals surface area contributed by atoms with Gasteiger partial charge in [0.1, 0.15) is 0 Å². The van der Waals surface area contributed by atoms with Crippen LogP contribution in [0.1, 0.15) is 34.6 Å². The molecule has 4 aromatic rings. The molecule has 160 valence electrons. The van der Waals surface area contributed by atoms with Gasteiger partial charge in [0.15, 0.2) is 0 Å². The Balaban J connectivity index is 1.73. The van der Waals surface area contributed by atoms with E-state index in [2.05, 4.69) is 0 Å². The van der Waals surface area contributed by atoms with Crippen LogP contribution in [0.2, 0.25) is 0 Å². The number of carbonyl (C=O) groups excluding carboxylic acids is 1. The summed E-state index contributed by atoms with van der Waals surface area (Å²) in [6.07, 6.45) is -4.51. The van der Waals surface area contributed by atoms with E-state index in [-0.39, 0.29) is 17.9 Å². The van der Waals surface area contributed by atoms with E-state index in [9.17, 15) is 18.0 Å². The van der Waals surface area contributed by atoms with E-state index in [1.165, 1.54) is 12.1 Å². The largest absolute Gasteiger partial charge is 0.416 e. The molecule has 0 aliphatic carbocycles. The topological polar surface area (TPSA) is 20.3 Å². The Bertz CT molecular complexity index is 1300. The number of alkyl halides is 3. The van der Waals surface area contributed by atoms with Gasteiger partial charge in [-0.05, 0) is 39.6 Å². The number of nitrogens with zero attached hydrogens (tertiary/aromatic N) is 1. The fraction of sp³-hybridized carbons (Fsp3) is 0.148. The van der Waals surface area contributed by atoms with Crippen molar-refractivity contribution >= 4 is 22.4 Å². The molecule has 0 spiro atoms. The number of rotatable bonds is 3. The van der Waals surface area contributed by atoms with E-state index in [1.54, 1.807) is 11.0 Å². The third kappa shape index (κ3) is 3.54. The summed E-state index contributed by atoms with van der Waals surface area (Å²) in [6, 6.07) is 26.7. The van der Waals surface area contributed by atoms with Crippen LogP contribution in [-0.2, 0) is 17.5 Å². The van der Waals surface area contributed by atoms with Crippen molar-refractivity contribution in [1.29, 1.82) is 0 Å². The number of anilines is 1. The van der Waals surface area contributed by atoms with E-state index in [4.69, 9.17) is 0 Å². The molecule has 1 unspecified atom stereocenters. The van der Waals surface area contributed by atoms with Crippen LogP contribution in [0.25, 0.3) is 10.8 Å². The Kier molecular flexibility index (Phi) is 4.97. The van der Waals surface area contributed by atoms with Gasteiger partial charge < -0.3 is 4.90 Å². The van der Waals surface area contributed by atoms with Crippen LogP contribution in [0.4, 0.5) is 18.9 Å². The van der Waals surface area contributed by atoms with Crippen LogP contribution in [0.5, 0.6) is 0 Å². The Morgan fingerprint density at radius 2 is 1.50 bits per heavy atom. The van der Waals surface area contributed by atoms with E-state index in [1.807, 2.05) is 66.7 Å². The van der Waals surface area contributed by atoms with Gasteiger partial charge in [-0.2, -0.15) is 13.2 Å². The lowest BCUT2D eigenvalue weighted by molar-refractivity contribution is -0.138. The predicted molar refractivity (Wildman–Crippen MR) is 119 cm³/mol. The second-order valence-corrected chi connectivity index (χ2v) is 8.03. The van der Waals surface area contributed by atoms with Gasteiger partial charge in [-0.25, -0.2) is 0 Å². The van der Waals surface area contributed by atoms with Gasteiger partial charge in [0.25, 0.3) is 0 Å². The SMILES string of the molecule is O=C1CC(c2ccccc2C(F)(F)F)c2c(ccc3ccccc23)N1Cc1ccccc1. The second kappa shape index (κ2) is 7.83. The minimum atomic E-state index is -4.49. The number of hydrogen-bond acceptors (Lipinski definition) is 1. The minimum Gasteiger partial charge on any atom is -0.308 e. The van der Waals surface area contributed by atoms with Crippen LogP contribution < -0.4 is 4.90 Å². The molecular weight excluding hydrogens is 411 g/mol. The van der Waals surface area contributed by atoms with Gasteiger partial charge >= 0.3 is 6.18 Å². The van der Waals surface area contributed by atoms with Crippen LogP contribution >= 0.6 is 0 Å². The number of fused-ring (bicyclic) bond motifs is 3. The maximum absolute atomic E-state index is 13.9. The molecule has 5 heteroatoms. The van der Waals surface area contributed by atoms with Gasteiger partial charge in [0.2, 0.25) is 5.91 Å². The molecule has 0 aromatic heterocycles. The molecule has 1 aliphatic rings. The van der Waals surface area contributed by atoms with Crippen molar-refractivity contribution in [3.8, 4) is 0 Å². The molecule has 1 aliphatic heterocycles. The molecule has 0 radical (unpaired) electrons. The normalized spacial score (nSPS) is 16.3. The average molecular weight is 431 g/mol. The molecule has 1 atom stereocenters. The van der Waals surface area contributed by atoms with Gasteiger partial charge in [-0.15, -0.1) is 0 Å². The number of benzene rings is 4. The fourth-order valence-electron chi connectivity index (χ4n) is 4.67. The van der Waals surface area contributed by atoms with Crippen LogP contribution in [-0.4, -0.2) is 5.91 Å². The molecule has 0 saturated heterocycles. The van der Waals surface area contributed by atoms with Crippen molar-refractivity contribution in [3.63, 3.8) is 0 Å². The second-order valence-electron chi connectivity index (χ2n) is 8.03. The van der Waals surface area contributed by atoms with Gasteiger partial charge in [0.05, 0.1) is 12.1 Å². The highest BCUT2D eigenvalue weighted by atomic mass is 19.4. The van der Waals surface area contributed by atoms with E-state index in [0.717, 1.165) is 28.0 Å². The fourth-order valence-corrected chi connectivity index (χ4v) is 4.67. The van der Waals surface area contributed by atoms with E-state index in [0.29, 0.717) is 12.2 Å². The molecule has 1 amide bonds. The maximum atomic E-state index is 13.9. The Morgan fingerprint density at radius 3 is 2.28 bits per heavy atom. The number of hydrogen-bond donors (Lipinski definition) is 0. The van der Waals surface area contributed by atoms with Crippen molar-refractivity contribution in [3.05, 3.63) is 113 Å². The first-order chi connectivity index (χ1) is 15.4. The van der Waals surface area contributed by atoms with Gasteiger partial charge in [0, 0.05) is 18.0 Å². The van der Waals surface area contributed by atoms with Crippen molar-refractivity contribution in [2.45, 2.75) is 25.1 Å². The lowest BCUT2D eigenvalue weighted by Crippen LogP contribution is -2.37. The molecule has 0 bridgehead atoms. The summed E-state index contributed by atoms with van der Waals surface area (Å²) < 4.78 is 41.6. The Hall–Kier alpha value is -3.60. The molecule has 32 heavy (non-hydrogen) atoms. The predicted octanol–water partition coefficient (Wildman–Crippen LogP) is 6.93. The third-order valence-electron chi connectivity index (χ3n) is 6.09. The zero-order valence-corrected chi connectivity index (χ0v) is 17.1. The lowest BCUT2D eigenvalue weighted by Gasteiger charge is -2.36. The molecule has 0 fully saturated rings. The molecule has 0 saturated carbocycles. The molecule has 1 heterocycles. The van der Waals surface area contributed by atoms with Crippen molar-refractivity contribution < 1.29 is 18.0 Å². The number of amides is 1. The molecule has 2 nitrogen and oxygen atoms in total. The van der Waals surface area contributed by atoms with Gasteiger partial charge in [-0.1, -0.05) is 78.9 Å². The summed E-state index contributed by atoms with van der Waals surface area (Å²) in [5, 5.41) is 1.81. The molecular formula is C27H20F3NO. The highest BCUT2D eigenvalue weighted by Crippen LogP contribution is 2.47. The highest BCUT2D eigenvalue weighted by Gasteiger charge is 2.39. The first kappa shape index (κ1) is 20.3. The summed E-state index contributed by atoms with van der Waals surface area (Å²) in [4.78, 5) is 15.0. The number of carbonyl (C=O) groups is 1. The Morgan fingerprint density at radius 1 is 0.812 bits per heavy atom. The zero-order valence-electron chi connectivity index (χ0n) is 17.1. The summed E-state index contributed by atoms with van der Waals surface area (Å²) in [7, 11) is 0. The van der Waals surface area contributed by atoms with Crippen molar-refractivity contribution in [2.75, 3.05) is 4.90 Å². The van der Waals surface area contributed by atoms with Crippen LogP contribution in [0, 0.1) is 0 Å². The minimum absolute atomic E-state index is 0.0130. The molecule has 4 aromatic carbocycles. The van der Waals surface area contributed by atoms with Crippen molar-refractivity contribution in [2.24, 2.45) is 0 Å². The quantitative estimate of drug-likeness (QED) is 0.345. The summed E-state index contributed by atoms with van der Waals surface area (Å²) in [5.41, 5.74) is 1.87. The lowest BCUT2D eigenvalue weighted by atomic mass is 9.79. The summed E-state index contributed by atoms with van der Waals surface area (Å²) >= 11 is 0. The summed E-state index contributed by atoms with van der Waals surface area (Å²) in [5.74, 6) is -0.855. The summed E-state index contributed by atoms with van der Waals surface area (Å²) in [6.45, 7) is 0.374. The monoisotopic (exact) mass is 431 g/mol. The van der Waals surface area contributed by atoms with E-state index < -0.39 is 17.7 Å². The van der Waals surface area contributed by atoms with Crippen molar-refractivity contribution in [1.82, 2.24) is 0 Å². The smallest absolute Gasteiger partial charge is 0.308 e. The first-order valence-corrected chi connectivity index (χ1v) is 10.5. The molecule has 5 rings (SSSR count). The first-order valence-electron chi connectivity index (χ1n) is 10.5. The average Bonchev–Trinajstić information content (AvgIpc) is 2.80. The van der Waals surface area contributed by atoms with Gasteiger partial charge in [-0.3, -0.25) is 4.79 Å². The maximum Gasteiger partial charge on any atom is 0.416 e.